The van der Waals surface area contributed by atoms with Crippen LogP contribution >= 0.6 is 0 Å². The molecule has 0 unspecified atom stereocenters. The van der Waals surface area contributed by atoms with E-state index in [1.807, 2.05) is 101 Å². The van der Waals surface area contributed by atoms with Gasteiger partial charge in [-0.15, -0.1) is 0 Å². The summed E-state index contributed by atoms with van der Waals surface area (Å²) >= 11 is 0. The highest BCUT2D eigenvalue weighted by molar-refractivity contribution is 7.86. The van der Waals surface area contributed by atoms with Crippen LogP contribution in [0, 0.1) is 0 Å². The molecule has 12 heteroatoms. The Labute approximate surface area is 251 Å². The molecule has 1 aromatic heterocycles. The van der Waals surface area contributed by atoms with E-state index < -0.39 is 20.2 Å². The van der Waals surface area contributed by atoms with E-state index in [4.69, 9.17) is 9.15 Å². The van der Waals surface area contributed by atoms with Gasteiger partial charge in [0.2, 0.25) is 11.5 Å². The second-order valence-electron chi connectivity index (χ2n) is 10.2. The molecule has 1 aliphatic rings. The number of aromatic nitrogens is 1. The third-order valence-corrected chi connectivity index (χ3v) is 8.68. The monoisotopic (exact) mass is 625 g/mol. The summed E-state index contributed by atoms with van der Waals surface area (Å²) in [5.74, 6) is 0.867. The maximum absolute atomic E-state index is 11.5. The fraction of sp³-hybridized carbons (Fsp3) is 0.258. The normalized spacial score (nSPS) is 14.8. The van der Waals surface area contributed by atoms with Crippen molar-refractivity contribution >= 4 is 43.1 Å². The SMILES string of the molecule is CCC(=Cc1oc2ccccc2[n+]1CCCS(=O)(=O)O)C=C1Oc2ccc(-c3ccccc3)cc2N1CCCS(=O)(=O)O. The van der Waals surface area contributed by atoms with E-state index in [9.17, 15) is 25.9 Å². The van der Waals surface area contributed by atoms with Crippen LogP contribution in [0.4, 0.5) is 5.69 Å². The van der Waals surface area contributed by atoms with Gasteiger partial charge in [0.25, 0.3) is 25.8 Å². The molecule has 2 N–H and O–H groups in total. The van der Waals surface area contributed by atoms with Crippen LogP contribution in [-0.4, -0.2) is 44.0 Å². The number of fused-ring (bicyclic) bond motifs is 2. The molecule has 2 heterocycles. The summed E-state index contributed by atoms with van der Waals surface area (Å²) in [6.07, 6.45) is 4.69. The van der Waals surface area contributed by atoms with E-state index in [0.717, 1.165) is 27.9 Å². The Morgan fingerprint density at radius 3 is 2.30 bits per heavy atom. The lowest BCUT2D eigenvalue weighted by Crippen LogP contribution is -2.36. The summed E-state index contributed by atoms with van der Waals surface area (Å²) in [4.78, 5) is 1.90. The molecule has 0 saturated carbocycles. The third kappa shape index (κ3) is 7.71. The Morgan fingerprint density at radius 1 is 0.884 bits per heavy atom. The molecular formula is C31H33N2O8S2+. The van der Waals surface area contributed by atoms with Crippen molar-refractivity contribution in [3.63, 3.8) is 0 Å². The second-order valence-corrected chi connectivity index (χ2v) is 13.3. The molecule has 1 aliphatic heterocycles. The Balaban J connectivity index is 1.51. The number of aryl methyl sites for hydroxylation is 1. The van der Waals surface area contributed by atoms with Crippen LogP contribution in [0.15, 0.2) is 94.7 Å². The van der Waals surface area contributed by atoms with Crippen molar-refractivity contribution < 1.29 is 39.7 Å². The largest absolute Gasteiger partial charge is 0.439 e. The van der Waals surface area contributed by atoms with Crippen LogP contribution in [0.2, 0.25) is 0 Å². The molecule has 0 aliphatic carbocycles. The summed E-state index contributed by atoms with van der Waals surface area (Å²) in [7, 11) is -8.23. The molecule has 0 atom stereocenters. The fourth-order valence-corrected chi connectivity index (χ4v) is 6.00. The van der Waals surface area contributed by atoms with Crippen LogP contribution < -0.4 is 14.2 Å². The van der Waals surface area contributed by atoms with Crippen molar-refractivity contribution in [1.82, 2.24) is 0 Å². The lowest BCUT2D eigenvalue weighted by molar-refractivity contribution is -0.677. The number of hydrogen-bond acceptors (Lipinski definition) is 7. The van der Waals surface area contributed by atoms with Crippen molar-refractivity contribution in [2.75, 3.05) is 23.0 Å². The number of nitrogens with zero attached hydrogens (tertiary/aromatic N) is 2. The molecule has 3 aromatic carbocycles. The van der Waals surface area contributed by atoms with Crippen molar-refractivity contribution in [2.45, 2.75) is 32.7 Å². The number of rotatable bonds is 12. The van der Waals surface area contributed by atoms with Crippen LogP contribution in [-0.2, 0) is 26.8 Å². The Hall–Kier alpha value is -3.97. The highest BCUT2D eigenvalue weighted by Gasteiger charge is 2.28. The lowest BCUT2D eigenvalue weighted by Gasteiger charge is -2.19. The number of para-hydroxylation sites is 2. The van der Waals surface area contributed by atoms with E-state index in [1.165, 1.54) is 0 Å². The van der Waals surface area contributed by atoms with Crippen LogP contribution in [0.25, 0.3) is 28.3 Å². The lowest BCUT2D eigenvalue weighted by atomic mass is 10.0. The zero-order valence-electron chi connectivity index (χ0n) is 23.6. The van der Waals surface area contributed by atoms with E-state index >= 15 is 0 Å². The van der Waals surface area contributed by atoms with Crippen molar-refractivity contribution in [2.24, 2.45) is 0 Å². The molecular weight excluding hydrogens is 592 g/mol. The summed E-state index contributed by atoms with van der Waals surface area (Å²) in [5, 5.41) is 0. The first kappa shape index (κ1) is 30.5. The number of allylic oxidation sites excluding steroid dienone is 2. The molecule has 0 amide bonds. The standard InChI is InChI=1S/C31H32N2O8S2/c1-2-23(20-30-32(16-8-18-42(34,35)36)26-12-6-7-13-28(26)40-30)21-31-33(17-9-19-43(37,38)39)27-22-25(14-15-29(27)41-31)24-10-4-3-5-11-24/h3-7,10-15,20-22H,2,8-9,16-19H2,1H3,(H-,34,35,36,37,38,39)/p+1. The van der Waals surface area contributed by atoms with Gasteiger partial charge in [0, 0.05) is 25.1 Å². The second kappa shape index (κ2) is 12.7. The highest BCUT2D eigenvalue weighted by Crippen LogP contribution is 2.42. The van der Waals surface area contributed by atoms with Crippen LogP contribution in [0.3, 0.4) is 0 Å². The van der Waals surface area contributed by atoms with Gasteiger partial charge in [-0.05, 0) is 47.7 Å². The Bertz CT molecular complexity index is 1900. The Kier molecular flexibility index (Phi) is 9.02. The molecule has 4 aromatic rings. The number of benzene rings is 3. The summed E-state index contributed by atoms with van der Waals surface area (Å²) in [6.45, 7) is 2.57. The van der Waals surface area contributed by atoms with Crippen LogP contribution in [0.5, 0.6) is 5.75 Å². The van der Waals surface area contributed by atoms with E-state index in [2.05, 4.69) is 0 Å². The van der Waals surface area contributed by atoms with Gasteiger partial charge in [-0.25, -0.2) is 0 Å². The topological polar surface area (TPSA) is 138 Å². The average Bonchev–Trinajstić information content (AvgIpc) is 3.48. The molecule has 0 radical (unpaired) electrons. The van der Waals surface area contributed by atoms with E-state index in [1.54, 1.807) is 0 Å². The van der Waals surface area contributed by atoms with Gasteiger partial charge >= 0.3 is 5.89 Å². The molecule has 226 valence electrons. The number of oxazole rings is 1. The summed E-state index contributed by atoms with van der Waals surface area (Å²) in [5.41, 5.74) is 5.04. The molecule has 5 rings (SSSR count). The smallest absolute Gasteiger partial charge is 0.374 e. The predicted octanol–water partition coefficient (Wildman–Crippen LogP) is 5.48. The maximum Gasteiger partial charge on any atom is 0.374 e. The summed E-state index contributed by atoms with van der Waals surface area (Å²) in [6, 6.07) is 23.1. The minimum Gasteiger partial charge on any atom is -0.439 e. The molecule has 0 bridgehead atoms. The zero-order valence-corrected chi connectivity index (χ0v) is 25.2. The first-order chi connectivity index (χ1) is 20.5. The van der Waals surface area contributed by atoms with Crippen LogP contribution in [0.1, 0.15) is 32.1 Å². The molecule has 0 fully saturated rings. The van der Waals surface area contributed by atoms with Gasteiger partial charge in [-0.1, -0.05) is 55.5 Å². The fourth-order valence-electron chi connectivity index (χ4n) is 5.01. The first-order valence-corrected chi connectivity index (χ1v) is 17.1. The maximum atomic E-state index is 11.5. The molecule has 0 spiro atoms. The van der Waals surface area contributed by atoms with Crippen molar-refractivity contribution in [3.05, 3.63) is 96.2 Å². The molecule has 43 heavy (non-hydrogen) atoms. The average molecular weight is 626 g/mol. The zero-order chi connectivity index (χ0) is 30.6. The van der Waals surface area contributed by atoms with Gasteiger partial charge in [-0.3, -0.25) is 9.11 Å². The van der Waals surface area contributed by atoms with Gasteiger partial charge in [0.15, 0.2) is 12.3 Å². The summed E-state index contributed by atoms with van der Waals surface area (Å²) < 4.78 is 78.3. The van der Waals surface area contributed by atoms with Gasteiger partial charge < -0.3 is 14.1 Å². The number of anilines is 1. The van der Waals surface area contributed by atoms with E-state index in [0.29, 0.717) is 36.1 Å². The van der Waals surface area contributed by atoms with Crippen molar-refractivity contribution in [3.8, 4) is 16.9 Å². The van der Waals surface area contributed by atoms with Crippen molar-refractivity contribution in [1.29, 1.82) is 0 Å². The number of hydrogen-bond donors (Lipinski definition) is 2. The quantitative estimate of drug-likeness (QED) is 0.155. The molecule has 0 saturated heterocycles. The highest BCUT2D eigenvalue weighted by atomic mass is 32.2. The number of ether oxygens (including phenoxy) is 1. The minimum absolute atomic E-state index is 0.178. The third-order valence-electron chi connectivity index (χ3n) is 7.07. The molecule has 10 nitrogen and oxygen atoms in total. The predicted molar refractivity (Wildman–Crippen MR) is 165 cm³/mol. The Morgan fingerprint density at radius 2 is 1.58 bits per heavy atom. The van der Waals surface area contributed by atoms with Gasteiger partial charge in [-0.2, -0.15) is 21.4 Å². The van der Waals surface area contributed by atoms with E-state index in [-0.39, 0.29) is 30.9 Å². The van der Waals surface area contributed by atoms with Gasteiger partial charge in [0.05, 0.1) is 23.3 Å². The van der Waals surface area contributed by atoms with Gasteiger partial charge in [0.1, 0.15) is 0 Å². The first-order valence-electron chi connectivity index (χ1n) is 13.9. The minimum atomic E-state index is -4.13.